The highest BCUT2D eigenvalue weighted by molar-refractivity contribution is 5.87. The fraction of sp³-hybridized carbons (Fsp3) is 0.364. The van der Waals surface area contributed by atoms with Crippen LogP contribution in [-0.4, -0.2) is 37.4 Å². The number of hydrogen-bond acceptors (Lipinski definition) is 4. The van der Waals surface area contributed by atoms with Crippen molar-refractivity contribution in [1.82, 2.24) is 5.32 Å². The lowest BCUT2D eigenvalue weighted by atomic mass is 10.2. The molecule has 0 amide bonds. The van der Waals surface area contributed by atoms with Crippen LogP contribution in [0, 0.1) is 0 Å². The molecule has 0 saturated carbocycles. The zero-order chi connectivity index (χ0) is 11.8. The minimum atomic E-state index is -0.931. The summed E-state index contributed by atoms with van der Waals surface area (Å²) in [5.74, 6) is -0.931. The molecular weight excluding hydrogens is 208 g/mol. The van der Waals surface area contributed by atoms with Crippen LogP contribution >= 0.6 is 0 Å². The SMILES string of the molecule is C1COCCN1.Nc1ccc(C(=O)O)cc1. The van der Waals surface area contributed by atoms with Crippen molar-refractivity contribution in [3.8, 4) is 0 Å². The molecule has 1 aliphatic heterocycles. The highest BCUT2D eigenvalue weighted by Gasteiger charge is 1.98. The van der Waals surface area contributed by atoms with E-state index in [9.17, 15) is 4.79 Å². The zero-order valence-corrected chi connectivity index (χ0v) is 8.98. The van der Waals surface area contributed by atoms with Crippen molar-refractivity contribution < 1.29 is 14.6 Å². The molecule has 1 aromatic carbocycles. The number of rotatable bonds is 1. The van der Waals surface area contributed by atoms with Gasteiger partial charge in [-0.05, 0) is 24.3 Å². The first-order chi connectivity index (χ1) is 7.70. The Hall–Kier alpha value is -1.59. The van der Waals surface area contributed by atoms with E-state index in [0.717, 1.165) is 26.3 Å². The molecule has 0 unspecified atom stereocenters. The summed E-state index contributed by atoms with van der Waals surface area (Å²) in [6, 6.07) is 6.06. The number of nitrogens with two attached hydrogens (primary N) is 1. The highest BCUT2D eigenvalue weighted by Crippen LogP contribution is 2.04. The monoisotopic (exact) mass is 224 g/mol. The minimum absolute atomic E-state index is 0.259. The maximum Gasteiger partial charge on any atom is 0.335 e. The number of aromatic carboxylic acids is 1. The van der Waals surface area contributed by atoms with E-state index in [4.69, 9.17) is 15.6 Å². The van der Waals surface area contributed by atoms with Crippen molar-refractivity contribution in [2.24, 2.45) is 0 Å². The van der Waals surface area contributed by atoms with Crippen molar-refractivity contribution in [2.75, 3.05) is 32.0 Å². The first-order valence-electron chi connectivity index (χ1n) is 5.07. The Kier molecular flexibility index (Phi) is 5.31. The summed E-state index contributed by atoms with van der Waals surface area (Å²) < 4.78 is 5.01. The zero-order valence-electron chi connectivity index (χ0n) is 8.98. The van der Waals surface area contributed by atoms with E-state index in [-0.39, 0.29) is 5.56 Å². The first kappa shape index (κ1) is 12.5. The largest absolute Gasteiger partial charge is 0.478 e. The van der Waals surface area contributed by atoms with Crippen LogP contribution < -0.4 is 11.1 Å². The van der Waals surface area contributed by atoms with Gasteiger partial charge in [0.1, 0.15) is 0 Å². The number of anilines is 1. The van der Waals surface area contributed by atoms with Gasteiger partial charge in [0.05, 0.1) is 18.8 Å². The third kappa shape index (κ3) is 4.77. The highest BCUT2D eigenvalue weighted by atomic mass is 16.5. The molecule has 1 heterocycles. The molecule has 1 saturated heterocycles. The normalized spacial score (nSPS) is 14.8. The number of ether oxygens (including phenoxy) is 1. The van der Waals surface area contributed by atoms with Gasteiger partial charge in [-0.3, -0.25) is 0 Å². The lowest BCUT2D eigenvalue weighted by Crippen LogP contribution is -2.30. The molecule has 88 valence electrons. The van der Waals surface area contributed by atoms with Crippen molar-refractivity contribution in [3.05, 3.63) is 29.8 Å². The second-order valence-corrected chi connectivity index (χ2v) is 3.29. The van der Waals surface area contributed by atoms with E-state index < -0.39 is 5.97 Å². The number of nitrogen functional groups attached to an aromatic ring is 1. The second kappa shape index (κ2) is 6.81. The van der Waals surface area contributed by atoms with Crippen LogP contribution in [0.4, 0.5) is 5.69 Å². The van der Waals surface area contributed by atoms with Crippen LogP contribution in [0.5, 0.6) is 0 Å². The number of carboxylic acids is 1. The van der Waals surface area contributed by atoms with Gasteiger partial charge in [0.15, 0.2) is 0 Å². The molecule has 0 atom stereocenters. The summed E-state index contributed by atoms with van der Waals surface area (Å²) in [6.07, 6.45) is 0. The Morgan fingerprint density at radius 2 is 1.81 bits per heavy atom. The number of hydrogen-bond donors (Lipinski definition) is 3. The van der Waals surface area contributed by atoms with Gasteiger partial charge in [0.2, 0.25) is 0 Å². The average molecular weight is 224 g/mol. The summed E-state index contributed by atoms with van der Waals surface area (Å²) >= 11 is 0. The maximum absolute atomic E-state index is 10.3. The fourth-order valence-corrected chi connectivity index (χ4v) is 1.14. The molecule has 1 aromatic rings. The van der Waals surface area contributed by atoms with Crippen molar-refractivity contribution in [1.29, 1.82) is 0 Å². The average Bonchev–Trinajstić information content (AvgIpc) is 2.32. The fourth-order valence-electron chi connectivity index (χ4n) is 1.14. The Morgan fingerprint density at radius 1 is 1.25 bits per heavy atom. The van der Waals surface area contributed by atoms with Crippen LogP contribution in [0.25, 0.3) is 0 Å². The number of benzene rings is 1. The topological polar surface area (TPSA) is 84.6 Å². The van der Waals surface area contributed by atoms with E-state index in [1.54, 1.807) is 12.1 Å². The van der Waals surface area contributed by atoms with Gasteiger partial charge in [-0.25, -0.2) is 4.79 Å². The molecule has 4 N–H and O–H groups in total. The number of morpholine rings is 1. The van der Waals surface area contributed by atoms with Gasteiger partial charge in [-0.15, -0.1) is 0 Å². The maximum atomic E-state index is 10.3. The van der Waals surface area contributed by atoms with Crippen molar-refractivity contribution >= 4 is 11.7 Å². The number of nitrogens with one attached hydrogen (secondary N) is 1. The smallest absolute Gasteiger partial charge is 0.335 e. The van der Waals surface area contributed by atoms with Crippen LogP contribution in [0.15, 0.2) is 24.3 Å². The van der Waals surface area contributed by atoms with Crippen LogP contribution in [0.3, 0.4) is 0 Å². The van der Waals surface area contributed by atoms with Crippen LogP contribution in [-0.2, 0) is 4.74 Å². The first-order valence-corrected chi connectivity index (χ1v) is 5.07. The predicted molar refractivity (Wildman–Crippen MR) is 61.5 cm³/mol. The Balaban J connectivity index is 0.000000181. The van der Waals surface area contributed by atoms with E-state index in [1.165, 1.54) is 12.1 Å². The van der Waals surface area contributed by atoms with Gasteiger partial charge in [-0.1, -0.05) is 0 Å². The summed E-state index contributed by atoms with van der Waals surface area (Å²) in [7, 11) is 0. The molecule has 16 heavy (non-hydrogen) atoms. The lowest BCUT2D eigenvalue weighted by molar-refractivity contribution is 0.0697. The Bertz CT molecular complexity index is 309. The standard InChI is InChI=1S/C7H7NO2.C4H9NO/c8-6-3-1-5(2-4-6)7(9)10;1-3-6-4-2-5-1/h1-4H,8H2,(H,9,10);5H,1-4H2. The third-order valence-electron chi connectivity index (χ3n) is 2.00. The molecule has 1 fully saturated rings. The van der Waals surface area contributed by atoms with Gasteiger partial charge >= 0.3 is 5.97 Å². The molecule has 0 aromatic heterocycles. The molecule has 0 radical (unpaired) electrons. The Labute approximate surface area is 94.2 Å². The summed E-state index contributed by atoms with van der Waals surface area (Å²) in [4.78, 5) is 10.3. The van der Waals surface area contributed by atoms with Crippen LogP contribution in [0.2, 0.25) is 0 Å². The predicted octanol–water partition coefficient (Wildman–Crippen LogP) is 0.573. The van der Waals surface area contributed by atoms with Gasteiger partial charge in [0, 0.05) is 18.8 Å². The number of carboxylic acid groups (broad SMARTS) is 1. The van der Waals surface area contributed by atoms with Gasteiger partial charge in [-0.2, -0.15) is 0 Å². The van der Waals surface area contributed by atoms with E-state index in [1.807, 2.05) is 0 Å². The molecule has 5 heteroatoms. The quantitative estimate of drug-likeness (QED) is 0.607. The molecule has 1 aliphatic rings. The molecule has 5 nitrogen and oxygen atoms in total. The van der Waals surface area contributed by atoms with Crippen molar-refractivity contribution in [3.63, 3.8) is 0 Å². The van der Waals surface area contributed by atoms with Gasteiger partial charge in [0.25, 0.3) is 0 Å². The van der Waals surface area contributed by atoms with Crippen LogP contribution in [0.1, 0.15) is 10.4 Å². The molecule has 0 aliphatic carbocycles. The van der Waals surface area contributed by atoms with E-state index >= 15 is 0 Å². The molecule has 0 bridgehead atoms. The minimum Gasteiger partial charge on any atom is -0.478 e. The summed E-state index contributed by atoms with van der Waals surface area (Å²) in [6.45, 7) is 3.83. The summed E-state index contributed by atoms with van der Waals surface area (Å²) in [5.41, 5.74) is 6.17. The third-order valence-corrected chi connectivity index (χ3v) is 2.00. The lowest BCUT2D eigenvalue weighted by Gasteiger charge is -2.10. The Morgan fingerprint density at radius 3 is 2.12 bits per heavy atom. The summed E-state index contributed by atoms with van der Waals surface area (Å²) in [5, 5.41) is 11.6. The second-order valence-electron chi connectivity index (χ2n) is 3.29. The molecule has 2 rings (SSSR count). The van der Waals surface area contributed by atoms with E-state index in [0.29, 0.717) is 5.69 Å². The van der Waals surface area contributed by atoms with Gasteiger partial charge < -0.3 is 20.9 Å². The van der Waals surface area contributed by atoms with Crippen molar-refractivity contribution in [2.45, 2.75) is 0 Å². The number of carbonyl (C=O) groups is 1. The van der Waals surface area contributed by atoms with E-state index in [2.05, 4.69) is 5.32 Å². The molecular formula is C11H16N2O3. The molecule has 0 spiro atoms.